The number of nitrogens with zero attached hydrogens (tertiary/aromatic N) is 3. The zero-order valence-electron chi connectivity index (χ0n) is 23.0. The topological polar surface area (TPSA) is 75.9 Å². The summed E-state index contributed by atoms with van der Waals surface area (Å²) in [6.45, 7) is 4.44. The van der Waals surface area contributed by atoms with Crippen LogP contribution in [-0.4, -0.2) is 15.9 Å². The minimum Gasteiger partial charge on any atom is -0.426 e. The Morgan fingerprint density at radius 1 is 0.919 bits per heavy atom. The molecular formula is C32H45N3O2. The number of esters is 1. The zero-order chi connectivity index (χ0) is 26.3. The fourth-order valence-corrected chi connectivity index (χ4v) is 5.33. The number of hydrogen-bond donors (Lipinski definition) is 0. The third-order valence-corrected chi connectivity index (χ3v) is 7.88. The van der Waals surface area contributed by atoms with Gasteiger partial charge in [-0.05, 0) is 74.8 Å². The molecule has 0 radical (unpaired) electrons. The first-order chi connectivity index (χ1) is 18.1. The van der Waals surface area contributed by atoms with Crippen LogP contribution < -0.4 is 4.74 Å². The lowest BCUT2D eigenvalue weighted by Crippen LogP contribution is -2.31. The van der Waals surface area contributed by atoms with Crippen molar-refractivity contribution in [2.75, 3.05) is 0 Å². The van der Waals surface area contributed by atoms with Gasteiger partial charge < -0.3 is 4.74 Å². The lowest BCUT2D eigenvalue weighted by molar-refractivity contribution is -0.140. The van der Waals surface area contributed by atoms with Gasteiger partial charge in [0.25, 0.3) is 0 Å². The van der Waals surface area contributed by atoms with Gasteiger partial charge in [0.05, 0.1) is 17.4 Å². The maximum Gasteiger partial charge on any atom is 0.314 e. The number of aryl methyl sites for hydroxylation is 1. The molecule has 1 fully saturated rings. The van der Waals surface area contributed by atoms with Crippen LogP contribution in [0.15, 0.2) is 36.7 Å². The average molecular weight is 504 g/mol. The van der Waals surface area contributed by atoms with E-state index in [0.717, 1.165) is 62.5 Å². The van der Waals surface area contributed by atoms with Gasteiger partial charge in [-0.2, -0.15) is 5.26 Å². The first-order valence-corrected chi connectivity index (χ1v) is 14.6. The van der Waals surface area contributed by atoms with Crippen molar-refractivity contribution < 1.29 is 9.53 Å². The Kier molecular flexibility index (Phi) is 12.1. The number of ether oxygens (including phenoxy) is 1. The van der Waals surface area contributed by atoms with Crippen molar-refractivity contribution in [3.05, 3.63) is 42.2 Å². The minimum absolute atomic E-state index is 0.126. The standard InChI is InChI=1S/C32H45N3O2/c1-3-5-7-8-9-10-12-20-32(25-33)21-18-28(19-22-32)31(36)37-29-16-14-27(15-17-29)30-34-23-26(24-35-30)13-11-6-4-2/h14-17,23-24,28H,3-13,18-22H2,1-2H3/t28-,32-. The molecule has 1 heterocycles. The van der Waals surface area contributed by atoms with Crippen molar-refractivity contribution in [3.63, 3.8) is 0 Å². The van der Waals surface area contributed by atoms with Gasteiger partial charge in [0.1, 0.15) is 5.75 Å². The van der Waals surface area contributed by atoms with E-state index in [2.05, 4.69) is 29.9 Å². The van der Waals surface area contributed by atoms with E-state index in [9.17, 15) is 10.1 Å². The van der Waals surface area contributed by atoms with Crippen LogP contribution in [0.1, 0.15) is 116 Å². The molecule has 3 rings (SSSR count). The minimum atomic E-state index is -0.257. The van der Waals surface area contributed by atoms with Crippen LogP contribution in [-0.2, 0) is 11.2 Å². The Labute approximate surface area is 224 Å². The van der Waals surface area contributed by atoms with E-state index in [1.807, 2.05) is 36.7 Å². The second-order valence-electron chi connectivity index (χ2n) is 10.9. The number of hydrogen-bond acceptors (Lipinski definition) is 5. The summed E-state index contributed by atoms with van der Waals surface area (Å²) in [5.74, 6) is 0.921. The molecule has 1 saturated carbocycles. The maximum atomic E-state index is 12.8. The van der Waals surface area contributed by atoms with Crippen LogP contribution in [0.3, 0.4) is 0 Å². The highest BCUT2D eigenvalue weighted by Gasteiger charge is 2.38. The van der Waals surface area contributed by atoms with Gasteiger partial charge in [0.2, 0.25) is 0 Å². The zero-order valence-corrected chi connectivity index (χ0v) is 23.0. The van der Waals surface area contributed by atoms with Crippen molar-refractivity contribution in [3.8, 4) is 23.2 Å². The van der Waals surface area contributed by atoms with Crippen molar-refractivity contribution in [1.82, 2.24) is 9.97 Å². The Bertz CT molecular complexity index is 971. The van der Waals surface area contributed by atoms with Crippen molar-refractivity contribution in [2.45, 2.75) is 117 Å². The summed E-state index contributed by atoms with van der Waals surface area (Å²) in [7, 11) is 0. The van der Waals surface area contributed by atoms with Crippen LogP contribution in [0.2, 0.25) is 0 Å². The predicted octanol–water partition coefficient (Wildman–Crippen LogP) is 8.62. The van der Waals surface area contributed by atoms with Crippen molar-refractivity contribution in [1.29, 1.82) is 5.26 Å². The Balaban J connectivity index is 1.43. The van der Waals surface area contributed by atoms with Crippen LogP contribution >= 0.6 is 0 Å². The summed E-state index contributed by atoms with van der Waals surface area (Å²) < 4.78 is 5.70. The summed E-state index contributed by atoms with van der Waals surface area (Å²) >= 11 is 0. The summed E-state index contributed by atoms with van der Waals surface area (Å²) in [5, 5.41) is 9.88. The molecule has 0 N–H and O–H groups in total. The van der Waals surface area contributed by atoms with Gasteiger partial charge in [-0.15, -0.1) is 0 Å². The second kappa shape index (κ2) is 15.5. The Hall–Kier alpha value is -2.74. The number of aromatic nitrogens is 2. The first-order valence-electron chi connectivity index (χ1n) is 14.6. The Morgan fingerprint density at radius 3 is 2.14 bits per heavy atom. The van der Waals surface area contributed by atoms with Crippen LogP contribution in [0, 0.1) is 22.7 Å². The van der Waals surface area contributed by atoms with E-state index < -0.39 is 0 Å². The number of carbonyl (C=O) groups excluding carboxylic acids is 1. The van der Waals surface area contributed by atoms with E-state index in [1.165, 1.54) is 51.4 Å². The van der Waals surface area contributed by atoms with Gasteiger partial charge in [-0.1, -0.05) is 71.6 Å². The molecule has 5 heteroatoms. The maximum absolute atomic E-state index is 12.8. The smallest absolute Gasteiger partial charge is 0.314 e. The van der Waals surface area contributed by atoms with Gasteiger partial charge >= 0.3 is 5.97 Å². The van der Waals surface area contributed by atoms with E-state index >= 15 is 0 Å². The molecule has 0 spiro atoms. The molecule has 1 aliphatic rings. The molecule has 0 aliphatic heterocycles. The number of benzene rings is 1. The third kappa shape index (κ3) is 9.26. The highest BCUT2D eigenvalue weighted by molar-refractivity contribution is 5.75. The van der Waals surface area contributed by atoms with Gasteiger partial charge in [0, 0.05) is 18.0 Å². The molecule has 0 amide bonds. The third-order valence-electron chi connectivity index (χ3n) is 7.88. The highest BCUT2D eigenvalue weighted by atomic mass is 16.5. The fourth-order valence-electron chi connectivity index (χ4n) is 5.33. The van der Waals surface area contributed by atoms with Gasteiger partial charge in [-0.3, -0.25) is 4.79 Å². The number of unbranched alkanes of at least 4 members (excludes halogenated alkanes) is 8. The molecule has 37 heavy (non-hydrogen) atoms. The molecule has 0 saturated heterocycles. The first kappa shape index (κ1) is 28.8. The quantitative estimate of drug-likeness (QED) is 0.138. The summed E-state index contributed by atoms with van der Waals surface area (Å²) in [4.78, 5) is 21.8. The van der Waals surface area contributed by atoms with Crippen LogP contribution in [0.5, 0.6) is 5.75 Å². The normalized spacial score (nSPS) is 19.3. The largest absolute Gasteiger partial charge is 0.426 e. The molecule has 0 bridgehead atoms. The van der Waals surface area contributed by atoms with Crippen molar-refractivity contribution in [2.24, 2.45) is 11.3 Å². The van der Waals surface area contributed by atoms with E-state index in [0.29, 0.717) is 11.6 Å². The molecule has 5 nitrogen and oxygen atoms in total. The summed E-state index contributed by atoms with van der Waals surface area (Å²) in [5.41, 5.74) is 1.81. The fraction of sp³-hybridized carbons (Fsp3) is 0.625. The lowest BCUT2D eigenvalue weighted by atomic mass is 9.69. The molecule has 200 valence electrons. The SMILES string of the molecule is CCCCCCCCC[C@]1(C#N)CC[C@H](C(=O)Oc2ccc(-c3ncc(CCCCC)cn3)cc2)CC1. The number of carbonyl (C=O) groups is 1. The highest BCUT2D eigenvalue weighted by Crippen LogP contribution is 2.43. The average Bonchev–Trinajstić information content (AvgIpc) is 2.94. The monoisotopic (exact) mass is 503 g/mol. The molecular weight excluding hydrogens is 458 g/mol. The lowest BCUT2D eigenvalue weighted by Gasteiger charge is -2.34. The molecule has 2 aromatic rings. The summed E-state index contributed by atoms with van der Waals surface area (Å²) in [6, 6.07) is 10.0. The predicted molar refractivity (Wildman–Crippen MR) is 149 cm³/mol. The van der Waals surface area contributed by atoms with Crippen LogP contribution in [0.25, 0.3) is 11.4 Å². The van der Waals surface area contributed by atoms with E-state index in [-0.39, 0.29) is 17.3 Å². The van der Waals surface area contributed by atoms with E-state index in [1.54, 1.807) is 0 Å². The van der Waals surface area contributed by atoms with Crippen molar-refractivity contribution >= 4 is 5.97 Å². The van der Waals surface area contributed by atoms with Gasteiger partial charge in [-0.25, -0.2) is 9.97 Å². The molecule has 1 aliphatic carbocycles. The Morgan fingerprint density at radius 2 is 1.51 bits per heavy atom. The molecule has 0 atom stereocenters. The van der Waals surface area contributed by atoms with Gasteiger partial charge in [0.15, 0.2) is 5.82 Å². The number of rotatable bonds is 15. The second-order valence-corrected chi connectivity index (χ2v) is 10.9. The molecule has 0 unspecified atom stereocenters. The molecule has 1 aromatic carbocycles. The molecule has 1 aromatic heterocycles. The summed E-state index contributed by atoms with van der Waals surface area (Å²) in [6.07, 6.45) is 21.3. The van der Waals surface area contributed by atoms with Crippen LogP contribution in [0.4, 0.5) is 0 Å². The van der Waals surface area contributed by atoms with E-state index in [4.69, 9.17) is 4.74 Å². The number of nitriles is 1.